The lowest BCUT2D eigenvalue weighted by atomic mass is 9.88. The van der Waals surface area contributed by atoms with Crippen molar-refractivity contribution >= 4 is 22.7 Å². The quantitative estimate of drug-likeness (QED) is 0.448. The minimum absolute atomic E-state index is 0.180. The zero-order chi connectivity index (χ0) is 25.1. The average Bonchev–Trinajstić information content (AvgIpc) is 3.60. The SMILES string of the molecule is CCn1c(=O)c2cnc(Nc3ccc4c(c3)CNCC43CC3)nc2n1-c1cccc(C(C)(C)C#N)n1. The molecule has 4 aromatic rings. The molecule has 182 valence electrons. The average molecular weight is 481 g/mol. The Morgan fingerprint density at radius 2 is 2.06 bits per heavy atom. The molecule has 1 aliphatic heterocycles. The van der Waals surface area contributed by atoms with E-state index < -0.39 is 5.41 Å². The summed E-state index contributed by atoms with van der Waals surface area (Å²) in [6.45, 7) is 7.89. The van der Waals surface area contributed by atoms with E-state index >= 15 is 0 Å². The monoisotopic (exact) mass is 480 g/mol. The van der Waals surface area contributed by atoms with E-state index in [-0.39, 0.29) is 5.56 Å². The smallest absolute Gasteiger partial charge is 0.278 e. The number of nitrogens with one attached hydrogen (secondary N) is 2. The summed E-state index contributed by atoms with van der Waals surface area (Å²) in [7, 11) is 0. The molecule has 2 N–H and O–H groups in total. The Morgan fingerprint density at radius 3 is 2.81 bits per heavy atom. The fourth-order valence-electron chi connectivity index (χ4n) is 5.15. The molecule has 4 heterocycles. The highest BCUT2D eigenvalue weighted by Gasteiger charge is 2.46. The highest BCUT2D eigenvalue weighted by molar-refractivity contribution is 5.77. The molecule has 0 amide bonds. The molecule has 1 aromatic carbocycles. The van der Waals surface area contributed by atoms with Crippen LogP contribution in [0.4, 0.5) is 11.6 Å². The Morgan fingerprint density at radius 1 is 1.22 bits per heavy atom. The van der Waals surface area contributed by atoms with Gasteiger partial charge >= 0.3 is 0 Å². The minimum atomic E-state index is -0.766. The van der Waals surface area contributed by atoms with E-state index in [1.54, 1.807) is 15.6 Å². The molecule has 0 unspecified atom stereocenters. The third-order valence-corrected chi connectivity index (χ3v) is 7.41. The van der Waals surface area contributed by atoms with Crippen molar-refractivity contribution in [1.29, 1.82) is 5.26 Å². The van der Waals surface area contributed by atoms with Crippen molar-refractivity contribution in [2.45, 2.75) is 57.5 Å². The van der Waals surface area contributed by atoms with Gasteiger partial charge in [-0.05, 0) is 69.0 Å². The fourth-order valence-corrected chi connectivity index (χ4v) is 5.15. The number of anilines is 2. The van der Waals surface area contributed by atoms with Crippen molar-refractivity contribution in [2.75, 3.05) is 11.9 Å². The lowest BCUT2D eigenvalue weighted by Gasteiger charge is -2.26. The summed E-state index contributed by atoms with van der Waals surface area (Å²) >= 11 is 0. The lowest BCUT2D eigenvalue weighted by Crippen LogP contribution is -2.33. The van der Waals surface area contributed by atoms with Crippen LogP contribution in [-0.4, -0.2) is 30.9 Å². The Kier molecular flexibility index (Phi) is 4.99. The van der Waals surface area contributed by atoms with Crippen molar-refractivity contribution in [2.24, 2.45) is 0 Å². The summed E-state index contributed by atoms with van der Waals surface area (Å²) in [6.07, 6.45) is 4.05. The molecule has 6 rings (SSSR count). The number of nitrogens with zero attached hydrogens (tertiary/aromatic N) is 6. The Bertz CT molecular complexity index is 1600. The molecular weight excluding hydrogens is 452 g/mol. The molecule has 9 heteroatoms. The van der Waals surface area contributed by atoms with E-state index in [9.17, 15) is 10.1 Å². The first-order valence-corrected chi connectivity index (χ1v) is 12.3. The number of pyridine rings is 1. The van der Waals surface area contributed by atoms with Crippen LogP contribution >= 0.6 is 0 Å². The number of rotatable bonds is 5. The molecule has 0 radical (unpaired) electrons. The van der Waals surface area contributed by atoms with Gasteiger partial charge in [-0.15, -0.1) is 0 Å². The Hall–Kier alpha value is -4.03. The van der Waals surface area contributed by atoms with Crippen LogP contribution < -0.4 is 16.2 Å². The van der Waals surface area contributed by atoms with Gasteiger partial charge in [-0.3, -0.25) is 4.79 Å². The van der Waals surface area contributed by atoms with E-state index in [0.29, 0.717) is 40.5 Å². The first-order chi connectivity index (χ1) is 17.3. The second-order valence-corrected chi connectivity index (χ2v) is 10.3. The van der Waals surface area contributed by atoms with Gasteiger partial charge in [0.15, 0.2) is 11.5 Å². The zero-order valence-corrected chi connectivity index (χ0v) is 20.7. The maximum atomic E-state index is 13.1. The number of hydrogen-bond acceptors (Lipinski definition) is 7. The predicted molar refractivity (Wildman–Crippen MR) is 138 cm³/mol. The second kappa shape index (κ2) is 8.00. The normalized spacial score (nSPS) is 16.1. The van der Waals surface area contributed by atoms with Gasteiger partial charge < -0.3 is 10.6 Å². The number of benzene rings is 1. The molecule has 1 saturated carbocycles. The summed E-state index contributed by atoms with van der Waals surface area (Å²) < 4.78 is 3.31. The maximum Gasteiger partial charge on any atom is 0.278 e. The van der Waals surface area contributed by atoms with Crippen LogP contribution in [0.15, 0.2) is 47.4 Å². The molecule has 0 bridgehead atoms. The maximum absolute atomic E-state index is 13.1. The van der Waals surface area contributed by atoms with Gasteiger partial charge in [0.25, 0.3) is 5.56 Å². The summed E-state index contributed by atoms with van der Waals surface area (Å²) in [4.78, 5) is 27.1. The van der Waals surface area contributed by atoms with E-state index in [1.807, 2.05) is 39.0 Å². The first-order valence-electron chi connectivity index (χ1n) is 12.3. The van der Waals surface area contributed by atoms with Crippen LogP contribution in [-0.2, 0) is 23.9 Å². The van der Waals surface area contributed by atoms with Gasteiger partial charge in [-0.25, -0.2) is 19.3 Å². The number of hydrogen-bond donors (Lipinski definition) is 2. The molecule has 36 heavy (non-hydrogen) atoms. The highest BCUT2D eigenvalue weighted by Crippen LogP contribution is 2.50. The Balaban J connectivity index is 1.42. The molecule has 9 nitrogen and oxygen atoms in total. The molecule has 3 aromatic heterocycles. The van der Waals surface area contributed by atoms with Crippen LogP contribution in [0.2, 0.25) is 0 Å². The van der Waals surface area contributed by atoms with Crippen LogP contribution in [0.3, 0.4) is 0 Å². The predicted octanol–water partition coefficient (Wildman–Crippen LogP) is 3.68. The molecular formula is C27H28N8O. The topological polar surface area (TPSA) is 113 Å². The third-order valence-electron chi connectivity index (χ3n) is 7.41. The van der Waals surface area contributed by atoms with Gasteiger partial charge in [0.1, 0.15) is 5.39 Å². The minimum Gasteiger partial charge on any atom is -0.324 e. The molecule has 0 saturated heterocycles. The van der Waals surface area contributed by atoms with Gasteiger partial charge in [0.2, 0.25) is 5.95 Å². The van der Waals surface area contributed by atoms with Crippen molar-refractivity contribution in [3.8, 4) is 11.9 Å². The lowest BCUT2D eigenvalue weighted by molar-refractivity contribution is 0.531. The summed E-state index contributed by atoms with van der Waals surface area (Å²) in [5.74, 6) is 0.937. The van der Waals surface area contributed by atoms with E-state index in [2.05, 4.69) is 39.9 Å². The van der Waals surface area contributed by atoms with Gasteiger partial charge in [-0.1, -0.05) is 12.1 Å². The third kappa shape index (κ3) is 3.48. The first kappa shape index (κ1) is 22.4. The highest BCUT2D eigenvalue weighted by atomic mass is 16.1. The van der Waals surface area contributed by atoms with Gasteiger partial charge in [0.05, 0.1) is 17.2 Å². The molecule has 2 aliphatic rings. The largest absolute Gasteiger partial charge is 0.324 e. The summed E-state index contributed by atoms with van der Waals surface area (Å²) in [5, 5.41) is 16.9. The molecule has 1 spiro atoms. The van der Waals surface area contributed by atoms with E-state index in [4.69, 9.17) is 9.97 Å². The molecule has 1 fully saturated rings. The fraction of sp³-hybridized carbons (Fsp3) is 0.370. The number of aromatic nitrogens is 5. The molecule has 0 atom stereocenters. The summed E-state index contributed by atoms with van der Waals surface area (Å²) in [6, 6.07) is 14.3. The summed E-state index contributed by atoms with van der Waals surface area (Å²) in [5.41, 5.74) is 4.13. The zero-order valence-electron chi connectivity index (χ0n) is 20.7. The van der Waals surface area contributed by atoms with Crippen LogP contribution in [0.1, 0.15) is 50.4 Å². The van der Waals surface area contributed by atoms with Gasteiger partial charge in [-0.2, -0.15) is 10.2 Å². The van der Waals surface area contributed by atoms with E-state index in [0.717, 1.165) is 18.8 Å². The van der Waals surface area contributed by atoms with Crippen molar-refractivity contribution in [3.05, 3.63) is 69.8 Å². The second-order valence-electron chi connectivity index (χ2n) is 10.3. The van der Waals surface area contributed by atoms with Crippen molar-refractivity contribution < 1.29 is 0 Å². The standard InChI is InChI=1S/C27H28N8O/c1-4-34-24(36)19-14-30-25(31-18-8-9-20-17(12-18)13-29-16-27(20)10-11-27)33-23(19)35(34)22-7-5-6-21(32-22)26(2,3)15-28/h5-9,12,14,29H,4,10-11,13,16H2,1-3H3,(H,30,31,33). The Labute approximate surface area is 208 Å². The van der Waals surface area contributed by atoms with E-state index in [1.165, 1.54) is 24.0 Å². The number of fused-ring (bicyclic) bond motifs is 3. The van der Waals surface area contributed by atoms with Crippen molar-refractivity contribution in [1.82, 2.24) is 29.6 Å². The van der Waals surface area contributed by atoms with Gasteiger partial charge in [0, 0.05) is 36.9 Å². The van der Waals surface area contributed by atoms with Crippen LogP contribution in [0.25, 0.3) is 16.9 Å². The molecule has 1 aliphatic carbocycles. The van der Waals surface area contributed by atoms with Crippen LogP contribution in [0.5, 0.6) is 0 Å². The van der Waals surface area contributed by atoms with Crippen LogP contribution in [0, 0.1) is 11.3 Å². The van der Waals surface area contributed by atoms with Crippen molar-refractivity contribution in [3.63, 3.8) is 0 Å². The number of nitriles is 1.